The van der Waals surface area contributed by atoms with Crippen LogP contribution < -0.4 is 14.2 Å². The summed E-state index contributed by atoms with van der Waals surface area (Å²) in [4.78, 5) is 6.60. The average Bonchev–Trinajstić information content (AvgIpc) is 3.15. The van der Waals surface area contributed by atoms with Crippen molar-refractivity contribution < 1.29 is 22.6 Å². The molecule has 0 spiro atoms. The first-order valence-electron chi connectivity index (χ1n) is 8.61. The lowest BCUT2D eigenvalue weighted by Crippen LogP contribution is -2.37. The molecule has 0 radical (unpaired) electrons. The van der Waals surface area contributed by atoms with Gasteiger partial charge < -0.3 is 14.2 Å². The van der Waals surface area contributed by atoms with Crippen LogP contribution in [0.1, 0.15) is 17.7 Å². The number of likely N-dealkylation sites (N-methyl/N-ethyl adjacent to an activating group) is 1. The Balaban J connectivity index is 1.43. The van der Waals surface area contributed by atoms with E-state index in [1.165, 1.54) is 12.1 Å². The molecule has 0 bridgehead atoms. The lowest BCUT2D eigenvalue weighted by Gasteiger charge is -2.30. The number of rotatable bonds is 5. The molecule has 1 fully saturated rings. The van der Waals surface area contributed by atoms with Crippen LogP contribution in [0.3, 0.4) is 0 Å². The van der Waals surface area contributed by atoms with Crippen LogP contribution >= 0.6 is 0 Å². The van der Waals surface area contributed by atoms with E-state index in [0.717, 1.165) is 6.54 Å². The van der Waals surface area contributed by atoms with Crippen LogP contribution in [-0.2, 0) is 21.3 Å². The van der Waals surface area contributed by atoms with Crippen molar-refractivity contribution in [2.45, 2.75) is 17.5 Å². The number of aromatic nitrogens is 3. The van der Waals surface area contributed by atoms with E-state index in [4.69, 9.17) is 14.2 Å². The number of aromatic amines is 1. The second-order valence-corrected chi connectivity index (χ2v) is 8.11. The van der Waals surface area contributed by atoms with Crippen LogP contribution in [0.5, 0.6) is 11.5 Å². The molecule has 0 aliphatic carbocycles. The Morgan fingerprint density at radius 2 is 2.07 bits per heavy atom. The van der Waals surface area contributed by atoms with Crippen molar-refractivity contribution in [3.8, 4) is 11.5 Å². The molecule has 2 aliphatic rings. The van der Waals surface area contributed by atoms with Gasteiger partial charge in [0.25, 0.3) is 0 Å². The number of fused-ring (bicyclic) bond motifs is 1. The Morgan fingerprint density at radius 3 is 2.89 bits per heavy atom. The van der Waals surface area contributed by atoms with Gasteiger partial charge in [0.1, 0.15) is 19.0 Å². The van der Waals surface area contributed by atoms with Crippen molar-refractivity contribution in [3.05, 3.63) is 29.8 Å². The number of hydrogen-bond acceptors (Lipinski definition) is 8. The summed E-state index contributed by atoms with van der Waals surface area (Å²) in [5.41, 5.74) is 0. The second-order valence-electron chi connectivity index (χ2n) is 6.34. The van der Waals surface area contributed by atoms with Gasteiger partial charge in [-0.15, -0.1) is 0 Å². The molecule has 1 saturated heterocycles. The highest BCUT2D eigenvalue weighted by Crippen LogP contribution is 2.32. The minimum atomic E-state index is -3.73. The van der Waals surface area contributed by atoms with Crippen LogP contribution in [-0.4, -0.2) is 68.5 Å². The molecule has 0 amide bonds. The van der Waals surface area contributed by atoms with Gasteiger partial charge in [-0.25, -0.2) is 18.1 Å². The molecule has 2 N–H and O–H groups in total. The van der Waals surface area contributed by atoms with E-state index in [9.17, 15) is 8.42 Å². The standard InChI is InChI=1S/C16H21N5O5S/c1-21-4-5-24-10-12(21)16-18-15(19-20-16)9-17-27(22,23)11-2-3-13-14(8-11)26-7-6-25-13/h2-3,8,12,17H,4-7,9-10H2,1H3,(H,18,19,20). The number of sulfonamides is 1. The van der Waals surface area contributed by atoms with Crippen molar-refractivity contribution >= 4 is 10.0 Å². The zero-order chi connectivity index (χ0) is 18.9. The van der Waals surface area contributed by atoms with Crippen molar-refractivity contribution in [1.29, 1.82) is 0 Å². The van der Waals surface area contributed by atoms with E-state index in [1.54, 1.807) is 6.07 Å². The van der Waals surface area contributed by atoms with Crippen LogP contribution in [0.2, 0.25) is 0 Å². The molecule has 2 aliphatic heterocycles. The largest absolute Gasteiger partial charge is 0.486 e. The average molecular weight is 395 g/mol. The van der Waals surface area contributed by atoms with Gasteiger partial charge in [-0.2, -0.15) is 5.10 Å². The second kappa shape index (κ2) is 7.43. The van der Waals surface area contributed by atoms with E-state index in [2.05, 4.69) is 24.8 Å². The summed E-state index contributed by atoms with van der Waals surface area (Å²) in [5.74, 6) is 1.99. The SMILES string of the molecule is CN1CCOCC1c1n[nH]c(CNS(=O)(=O)c2ccc3c(c2)OCCO3)n1. The molecule has 146 valence electrons. The fourth-order valence-electron chi connectivity index (χ4n) is 2.93. The molecule has 10 nitrogen and oxygen atoms in total. The first-order chi connectivity index (χ1) is 13.0. The third-order valence-electron chi connectivity index (χ3n) is 4.50. The van der Waals surface area contributed by atoms with Crippen molar-refractivity contribution in [2.75, 3.05) is 40.0 Å². The Hall–Kier alpha value is -2.21. The predicted molar refractivity (Wildman–Crippen MR) is 94.0 cm³/mol. The quantitative estimate of drug-likeness (QED) is 0.729. The van der Waals surface area contributed by atoms with E-state index < -0.39 is 10.0 Å². The smallest absolute Gasteiger partial charge is 0.241 e. The number of morpholine rings is 1. The number of nitrogens with one attached hydrogen (secondary N) is 2. The summed E-state index contributed by atoms with van der Waals surface area (Å²) in [6.07, 6.45) is 0. The summed E-state index contributed by atoms with van der Waals surface area (Å²) in [5, 5.41) is 6.97. The van der Waals surface area contributed by atoms with Crippen LogP contribution in [0, 0.1) is 0 Å². The number of H-pyrrole nitrogens is 1. The Labute approximate surface area is 156 Å². The Kier molecular flexibility index (Phi) is 5.00. The molecule has 27 heavy (non-hydrogen) atoms. The summed E-state index contributed by atoms with van der Waals surface area (Å²) < 4.78 is 43.9. The summed E-state index contributed by atoms with van der Waals surface area (Å²) in [7, 11) is -1.75. The molecule has 1 unspecified atom stereocenters. The number of ether oxygens (including phenoxy) is 3. The van der Waals surface area contributed by atoms with Gasteiger partial charge in [0.05, 0.1) is 30.7 Å². The highest BCUT2D eigenvalue weighted by molar-refractivity contribution is 7.89. The van der Waals surface area contributed by atoms with Gasteiger partial charge >= 0.3 is 0 Å². The lowest BCUT2D eigenvalue weighted by molar-refractivity contribution is 0.00193. The topological polar surface area (TPSA) is 119 Å². The van der Waals surface area contributed by atoms with Crippen molar-refractivity contribution in [1.82, 2.24) is 24.8 Å². The minimum Gasteiger partial charge on any atom is -0.486 e. The molecule has 11 heteroatoms. The number of nitrogens with zero attached hydrogens (tertiary/aromatic N) is 3. The summed E-state index contributed by atoms with van der Waals surface area (Å²) >= 11 is 0. The van der Waals surface area contributed by atoms with E-state index in [0.29, 0.717) is 49.6 Å². The molecule has 3 heterocycles. The van der Waals surface area contributed by atoms with E-state index in [1.807, 2.05) is 7.05 Å². The normalized spacial score (nSPS) is 20.6. The third-order valence-corrected chi connectivity index (χ3v) is 5.90. The molecular weight excluding hydrogens is 374 g/mol. The van der Waals surface area contributed by atoms with Gasteiger partial charge in [0.15, 0.2) is 17.3 Å². The maximum Gasteiger partial charge on any atom is 0.241 e. The van der Waals surface area contributed by atoms with Crippen LogP contribution in [0.25, 0.3) is 0 Å². The lowest BCUT2D eigenvalue weighted by atomic mass is 10.2. The fourth-order valence-corrected chi connectivity index (χ4v) is 3.94. The van der Waals surface area contributed by atoms with E-state index in [-0.39, 0.29) is 17.5 Å². The summed E-state index contributed by atoms with van der Waals surface area (Å²) in [6, 6.07) is 4.49. The molecular formula is C16H21N5O5S. The first-order valence-corrected chi connectivity index (χ1v) is 10.1. The molecule has 1 aromatic carbocycles. The Morgan fingerprint density at radius 1 is 1.26 bits per heavy atom. The van der Waals surface area contributed by atoms with Crippen LogP contribution in [0.4, 0.5) is 0 Å². The number of hydrogen-bond donors (Lipinski definition) is 2. The molecule has 4 rings (SSSR count). The van der Waals surface area contributed by atoms with Crippen molar-refractivity contribution in [3.63, 3.8) is 0 Å². The third kappa shape index (κ3) is 3.90. The molecule has 1 atom stereocenters. The van der Waals surface area contributed by atoms with Gasteiger partial charge in [-0.1, -0.05) is 0 Å². The fraction of sp³-hybridized carbons (Fsp3) is 0.500. The minimum absolute atomic E-state index is 0.00106. The zero-order valence-electron chi connectivity index (χ0n) is 14.8. The van der Waals surface area contributed by atoms with Crippen LogP contribution in [0.15, 0.2) is 23.1 Å². The Bertz CT molecular complexity index is 916. The maximum atomic E-state index is 12.6. The highest BCUT2D eigenvalue weighted by atomic mass is 32.2. The summed E-state index contributed by atoms with van der Waals surface area (Å²) in [6.45, 7) is 2.83. The van der Waals surface area contributed by atoms with Crippen molar-refractivity contribution in [2.24, 2.45) is 0 Å². The molecule has 0 saturated carbocycles. The first kappa shape index (κ1) is 18.2. The molecule has 2 aromatic rings. The van der Waals surface area contributed by atoms with Gasteiger partial charge in [-0.05, 0) is 19.2 Å². The van der Waals surface area contributed by atoms with Gasteiger partial charge in [0, 0.05) is 12.6 Å². The van der Waals surface area contributed by atoms with Gasteiger partial charge in [-0.3, -0.25) is 10.00 Å². The maximum absolute atomic E-state index is 12.6. The van der Waals surface area contributed by atoms with E-state index >= 15 is 0 Å². The molecule has 1 aromatic heterocycles. The monoisotopic (exact) mass is 395 g/mol. The number of benzene rings is 1. The van der Waals surface area contributed by atoms with Gasteiger partial charge in [0.2, 0.25) is 10.0 Å². The predicted octanol–water partition coefficient (Wildman–Crippen LogP) is 0.0575. The zero-order valence-corrected chi connectivity index (χ0v) is 15.7. The highest BCUT2D eigenvalue weighted by Gasteiger charge is 2.25.